The highest BCUT2D eigenvalue weighted by Gasteiger charge is 2.22. The van der Waals surface area contributed by atoms with Gasteiger partial charge in [-0.1, -0.05) is 53.4 Å². The molecule has 0 aromatic heterocycles. The number of nitrogens with one attached hydrogen (secondary N) is 1. The van der Waals surface area contributed by atoms with Crippen LogP contribution >= 0.6 is 15.9 Å². The normalized spacial score (nSPS) is 17.7. The highest BCUT2D eigenvalue weighted by Crippen LogP contribution is 2.19. The Bertz CT molecular complexity index is 472. The zero-order valence-corrected chi connectivity index (χ0v) is 14.5. The Balaban J connectivity index is 1.87. The second-order valence-electron chi connectivity index (χ2n) is 6.03. The minimum Gasteiger partial charge on any atom is -0.352 e. The van der Waals surface area contributed by atoms with Gasteiger partial charge in [0.05, 0.1) is 6.04 Å². The molecule has 21 heavy (non-hydrogen) atoms. The molecule has 3 nitrogen and oxygen atoms in total. The molecule has 0 radical (unpaired) electrons. The molecule has 1 amide bonds. The zero-order valence-electron chi connectivity index (χ0n) is 12.9. The molecule has 1 fully saturated rings. The number of benzene rings is 1. The number of carbonyl (C=O) groups is 1. The van der Waals surface area contributed by atoms with Crippen LogP contribution in [0.25, 0.3) is 0 Å². The summed E-state index contributed by atoms with van der Waals surface area (Å²) in [4.78, 5) is 14.5. The van der Waals surface area contributed by atoms with E-state index in [1.54, 1.807) is 0 Å². The fraction of sp³-hybridized carbons (Fsp3) is 0.588. The first-order valence-corrected chi connectivity index (χ1v) is 8.61. The highest BCUT2D eigenvalue weighted by molar-refractivity contribution is 9.10. The summed E-state index contributed by atoms with van der Waals surface area (Å²) in [5, 5.41) is 3.21. The van der Waals surface area contributed by atoms with Crippen LogP contribution in [0.2, 0.25) is 0 Å². The Morgan fingerprint density at radius 1 is 1.33 bits per heavy atom. The molecular weight excluding hydrogens is 328 g/mol. The van der Waals surface area contributed by atoms with Crippen molar-refractivity contribution in [3.8, 4) is 0 Å². The molecule has 0 saturated heterocycles. The predicted molar refractivity (Wildman–Crippen MR) is 90.1 cm³/mol. The number of rotatable bonds is 5. The van der Waals surface area contributed by atoms with Crippen molar-refractivity contribution in [3.05, 3.63) is 34.3 Å². The van der Waals surface area contributed by atoms with Crippen LogP contribution in [0.5, 0.6) is 0 Å². The van der Waals surface area contributed by atoms with Crippen LogP contribution in [-0.2, 0) is 11.3 Å². The first kappa shape index (κ1) is 16.5. The third-order valence-corrected chi connectivity index (χ3v) is 5.14. The van der Waals surface area contributed by atoms with Gasteiger partial charge in [-0.2, -0.15) is 0 Å². The molecule has 1 unspecified atom stereocenters. The number of hydrogen-bond donors (Lipinski definition) is 1. The second-order valence-corrected chi connectivity index (χ2v) is 6.88. The maximum Gasteiger partial charge on any atom is 0.237 e. The number of nitrogens with zero attached hydrogens (tertiary/aromatic N) is 1. The lowest BCUT2D eigenvalue weighted by Crippen LogP contribution is -2.47. The van der Waals surface area contributed by atoms with Gasteiger partial charge in [0.1, 0.15) is 0 Å². The number of carbonyl (C=O) groups excluding carboxylic acids is 1. The average molecular weight is 353 g/mol. The van der Waals surface area contributed by atoms with Crippen LogP contribution in [-0.4, -0.2) is 29.9 Å². The molecule has 1 atom stereocenters. The molecule has 0 heterocycles. The summed E-state index contributed by atoms with van der Waals surface area (Å²) < 4.78 is 1.09. The third-order valence-electron chi connectivity index (χ3n) is 4.37. The van der Waals surface area contributed by atoms with E-state index in [9.17, 15) is 4.79 Å². The third kappa shape index (κ3) is 4.82. The molecule has 116 valence electrons. The largest absolute Gasteiger partial charge is 0.352 e. The maximum atomic E-state index is 12.4. The number of hydrogen-bond acceptors (Lipinski definition) is 2. The van der Waals surface area contributed by atoms with Crippen molar-refractivity contribution in [2.75, 3.05) is 7.05 Å². The highest BCUT2D eigenvalue weighted by atomic mass is 79.9. The fourth-order valence-corrected chi connectivity index (χ4v) is 3.21. The van der Waals surface area contributed by atoms with E-state index in [0.29, 0.717) is 6.04 Å². The van der Waals surface area contributed by atoms with Crippen molar-refractivity contribution >= 4 is 21.8 Å². The van der Waals surface area contributed by atoms with Crippen LogP contribution in [0.15, 0.2) is 28.7 Å². The first-order chi connectivity index (χ1) is 10.1. The molecular formula is C17H25BrN2O. The van der Waals surface area contributed by atoms with E-state index in [-0.39, 0.29) is 11.9 Å². The zero-order chi connectivity index (χ0) is 15.2. The molecule has 1 aliphatic rings. The van der Waals surface area contributed by atoms with Gasteiger partial charge in [-0.15, -0.1) is 0 Å². The summed E-state index contributed by atoms with van der Waals surface area (Å²) in [6, 6.07) is 8.43. The van der Waals surface area contributed by atoms with Crippen LogP contribution in [0, 0.1) is 0 Å². The first-order valence-electron chi connectivity index (χ1n) is 7.82. The minimum absolute atomic E-state index is 0.112. The monoisotopic (exact) mass is 352 g/mol. The van der Waals surface area contributed by atoms with E-state index in [4.69, 9.17) is 0 Å². The van der Waals surface area contributed by atoms with Crippen molar-refractivity contribution in [1.82, 2.24) is 10.2 Å². The summed E-state index contributed by atoms with van der Waals surface area (Å²) in [6.45, 7) is 2.75. The molecule has 0 bridgehead atoms. The Morgan fingerprint density at radius 2 is 2.00 bits per heavy atom. The fourth-order valence-electron chi connectivity index (χ4n) is 2.80. The molecule has 1 aromatic carbocycles. The van der Waals surface area contributed by atoms with Gasteiger partial charge in [-0.3, -0.25) is 9.69 Å². The lowest BCUT2D eigenvalue weighted by molar-refractivity contribution is -0.126. The molecule has 1 saturated carbocycles. The average Bonchev–Trinajstić information content (AvgIpc) is 2.49. The van der Waals surface area contributed by atoms with Crippen molar-refractivity contribution in [1.29, 1.82) is 0 Å². The van der Waals surface area contributed by atoms with Gasteiger partial charge in [0, 0.05) is 17.1 Å². The van der Waals surface area contributed by atoms with E-state index in [1.165, 1.54) is 24.8 Å². The second kappa shape index (κ2) is 7.95. The summed E-state index contributed by atoms with van der Waals surface area (Å²) in [5.41, 5.74) is 1.21. The number of likely N-dealkylation sites (N-methyl/N-ethyl adjacent to an activating group) is 1. The van der Waals surface area contributed by atoms with Gasteiger partial charge >= 0.3 is 0 Å². The van der Waals surface area contributed by atoms with Crippen LogP contribution in [0.3, 0.4) is 0 Å². The van der Waals surface area contributed by atoms with E-state index < -0.39 is 0 Å². The Kier molecular flexibility index (Phi) is 6.24. The van der Waals surface area contributed by atoms with Gasteiger partial charge in [-0.05, 0) is 38.4 Å². The van der Waals surface area contributed by atoms with Crippen molar-refractivity contribution in [3.63, 3.8) is 0 Å². The van der Waals surface area contributed by atoms with Crippen LogP contribution in [0.4, 0.5) is 0 Å². The molecule has 0 spiro atoms. The van der Waals surface area contributed by atoms with Gasteiger partial charge in [-0.25, -0.2) is 0 Å². The summed E-state index contributed by atoms with van der Waals surface area (Å²) in [5.74, 6) is 0.149. The van der Waals surface area contributed by atoms with E-state index in [0.717, 1.165) is 23.9 Å². The Labute approximate surface area is 136 Å². The van der Waals surface area contributed by atoms with Crippen molar-refractivity contribution in [2.24, 2.45) is 0 Å². The van der Waals surface area contributed by atoms with E-state index in [2.05, 4.69) is 32.2 Å². The predicted octanol–water partition coefficient (Wildman–Crippen LogP) is 3.72. The summed E-state index contributed by atoms with van der Waals surface area (Å²) in [7, 11) is 2.00. The van der Waals surface area contributed by atoms with Crippen LogP contribution < -0.4 is 5.32 Å². The van der Waals surface area contributed by atoms with Crippen molar-refractivity contribution in [2.45, 2.75) is 57.7 Å². The maximum absolute atomic E-state index is 12.4. The number of amides is 1. The minimum atomic E-state index is -0.112. The van der Waals surface area contributed by atoms with Gasteiger partial charge < -0.3 is 5.32 Å². The molecule has 0 aliphatic heterocycles. The lowest BCUT2D eigenvalue weighted by atomic mass is 9.95. The van der Waals surface area contributed by atoms with Gasteiger partial charge in [0.2, 0.25) is 5.91 Å². The molecule has 2 rings (SSSR count). The van der Waals surface area contributed by atoms with Crippen LogP contribution in [0.1, 0.15) is 44.6 Å². The summed E-state index contributed by atoms with van der Waals surface area (Å²) >= 11 is 3.56. The molecule has 4 heteroatoms. The lowest BCUT2D eigenvalue weighted by Gasteiger charge is -2.28. The Hall–Kier alpha value is -0.870. The van der Waals surface area contributed by atoms with E-state index >= 15 is 0 Å². The van der Waals surface area contributed by atoms with E-state index in [1.807, 2.05) is 32.2 Å². The molecule has 1 N–H and O–H groups in total. The Morgan fingerprint density at radius 3 is 2.67 bits per heavy atom. The van der Waals surface area contributed by atoms with Gasteiger partial charge in [0.15, 0.2) is 0 Å². The topological polar surface area (TPSA) is 32.3 Å². The standard InChI is InChI=1S/C17H25BrN2O/c1-13(17(21)19-15-9-4-3-5-10-15)20(2)12-14-8-6-7-11-16(14)18/h6-8,11,13,15H,3-5,9-10,12H2,1-2H3,(H,19,21). The quantitative estimate of drug-likeness (QED) is 0.875. The van der Waals surface area contributed by atoms with Crippen molar-refractivity contribution < 1.29 is 4.79 Å². The van der Waals surface area contributed by atoms with Gasteiger partial charge in [0.25, 0.3) is 0 Å². The number of halogens is 1. The smallest absolute Gasteiger partial charge is 0.237 e. The molecule has 1 aromatic rings. The summed E-state index contributed by atoms with van der Waals surface area (Å²) in [6.07, 6.45) is 6.06. The molecule has 1 aliphatic carbocycles. The SMILES string of the molecule is CC(C(=O)NC1CCCCC1)N(C)Cc1ccccc1Br.